The van der Waals surface area contributed by atoms with Crippen molar-refractivity contribution in [3.63, 3.8) is 0 Å². The van der Waals surface area contributed by atoms with Crippen LogP contribution in [0.4, 0.5) is 0 Å². The molecule has 0 N–H and O–H groups in total. The number of hydrogen-bond donors (Lipinski definition) is 0. The zero-order valence-corrected chi connectivity index (χ0v) is 22.3. The van der Waals surface area contributed by atoms with Crippen LogP contribution >= 0.6 is 11.3 Å². The van der Waals surface area contributed by atoms with Gasteiger partial charge in [0.15, 0.2) is 4.80 Å². The van der Waals surface area contributed by atoms with Gasteiger partial charge in [0.05, 0.1) is 40.6 Å². The Balaban J connectivity index is 1.58. The molecule has 0 aliphatic carbocycles. The molecule has 8 heteroatoms. The van der Waals surface area contributed by atoms with Crippen LogP contribution in [0, 0.1) is 11.3 Å². The van der Waals surface area contributed by atoms with Gasteiger partial charge in [0.1, 0.15) is 12.4 Å². The van der Waals surface area contributed by atoms with Crippen LogP contribution in [-0.2, 0) is 16.1 Å². The molecule has 3 aromatic carbocycles. The van der Waals surface area contributed by atoms with E-state index < -0.39 is 12.0 Å². The fourth-order valence-corrected chi connectivity index (χ4v) is 5.53. The number of ether oxygens (including phenoxy) is 2. The van der Waals surface area contributed by atoms with Crippen molar-refractivity contribution in [3.8, 4) is 11.8 Å². The predicted molar refractivity (Wildman–Crippen MR) is 149 cm³/mol. The van der Waals surface area contributed by atoms with Crippen molar-refractivity contribution in [1.29, 1.82) is 5.26 Å². The van der Waals surface area contributed by atoms with Gasteiger partial charge in [0.25, 0.3) is 5.56 Å². The van der Waals surface area contributed by atoms with Gasteiger partial charge in [0.2, 0.25) is 0 Å². The number of para-hydroxylation sites is 1. The van der Waals surface area contributed by atoms with Gasteiger partial charge in [-0.3, -0.25) is 9.36 Å². The minimum atomic E-state index is -0.644. The quantitative estimate of drug-likeness (QED) is 0.330. The third kappa shape index (κ3) is 5.17. The molecule has 0 radical (unpaired) electrons. The minimum Gasteiger partial charge on any atom is -0.488 e. The lowest BCUT2D eigenvalue weighted by atomic mass is 9.95. The second-order valence-corrected chi connectivity index (χ2v) is 9.84. The molecule has 1 aliphatic rings. The summed E-state index contributed by atoms with van der Waals surface area (Å²) in [5.74, 6) is 0.122. The molecule has 5 rings (SSSR count). The predicted octanol–water partition coefficient (Wildman–Crippen LogP) is 4.25. The van der Waals surface area contributed by atoms with Gasteiger partial charge in [-0.25, -0.2) is 9.79 Å². The fraction of sp³-hybridized carbons (Fsp3) is 0.161. The van der Waals surface area contributed by atoms with E-state index in [4.69, 9.17) is 19.7 Å². The number of carbonyl (C=O) groups is 1. The van der Waals surface area contributed by atoms with Crippen molar-refractivity contribution < 1.29 is 14.3 Å². The first kappa shape index (κ1) is 25.9. The Bertz CT molecular complexity index is 1780. The molecule has 39 heavy (non-hydrogen) atoms. The first-order chi connectivity index (χ1) is 19.0. The van der Waals surface area contributed by atoms with Gasteiger partial charge < -0.3 is 9.47 Å². The number of nitriles is 1. The Kier molecular flexibility index (Phi) is 7.53. The monoisotopic (exact) mass is 535 g/mol. The van der Waals surface area contributed by atoms with Crippen LogP contribution in [0.15, 0.2) is 99.9 Å². The average Bonchev–Trinajstić information content (AvgIpc) is 3.30. The van der Waals surface area contributed by atoms with E-state index in [1.54, 1.807) is 22.8 Å². The number of hydrogen-bond acceptors (Lipinski definition) is 7. The van der Waals surface area contributed by atoms with Crippen LogP contribution in [0.3, 0.4) is 0 Å². The molecule has 1 aliphatic heterocycles. The summed E-state index contributed by atoms with van der Waals surface area (Å²) in [4.78, 5) is 32.0. The summed E-state index contributed by atoms with van der Waals surface area (Å²) in [5.41, 5.74) is 3.79. The third-order valence-corrected chi connectivity index (χ3v) is 7.43. The molecule has 0 amide bonds. The Morgan fingerprint density at radius 1 is 1.08 bits per heavy atom. The van der Waals surface area contributed by atoms with Crippen molar-refractivity contribution in [1.82, 2.24) is 4.57 Å². The molecule has 1 atom stereocenters. The van der Waals surface area contributed by atoms with E-state index in [2.05, 4.69) is 6.07 Å². The molecule has 7 nitrogen and oxygen atoms in total. The van der Waals surface area contributed by atoms with Gasteiger partial charge in [-0.1, -0.05) is 78.9 Å². The van der Waals surface area contributed by atoms with Gasteiger partial charge >= 0.3 is 5.97 Å². The number of allylic oxidation sites excluding steroid dienone is 1. The molecule has 0 saturated carbocycles. The topological polar surface area (TPSA) is 93.7 Å². The van der Waals surface area contributed by atoms with Gasteiger partial charge in [-0.05, 0) is 41.8 Å². The van der Waals surface area contributed by atoms with Crippen LogP contribution in [0.25, 0.3) is 6.08 Å². The lowest BCUT2D eigenvalue weighted by molar-refractivity contribution is -0.136. The summed E-state index contributed by atoms with van der Waals surface area (Å²) >= 11 is 1.28. The SMILES string of the molecule is CCC1=C(C(=O)OC)[C@H](c2ccccc2)n2c(s/c(=C/c3ccccc3OCc3ccc(C#N)cc3)c2=O)=N1. The highest BCUT2D eigenvalue weighted by atomic mass is 32.1. The van der Waals surface area contributed by atoms with Crippen LogP contribution in [0.1, 0.15) is 41.6 Å². The number of benzene rings is 3. The normalized spacial score (nSPS) is 14.8. The molecule has 0 fully saturated rings. The second kappa shape index (κ2) is 11.3. The maximum Gasteiger partial charge on any atom is 0.338 e. The second-order valence-electron chi connectivity index (χ2n) is 8.83. The number of aromatic nitrogens is 1. The summed E-state index contributed by atoms with van der Waals surface area (Å²) in [7, 11) is 1.34. The number of esters is 1. The van der Waals surface area contributed by atoms with Crippen LogP contribution in [0.5, 0.6) is 5.75 Å². The zero-order chi connectivity index (χ0) is 27.4. The molecular formula is C31H25N3O4S. The van der Waals surface area contributed by atoms with Crippen LogP contribution in [0.2, 0.25) is 0 Å². The van der Waals surface area contributed by atoms with Gasteiger partial charge in [-0.15, -0.1) is 0 Å². The summed E-state index contributed by atoms with van der Waals surface area (Å²) < 4.78 is 13.3. The highest BCUT2D eigenvalue weighted by molar-refractivity contribution is 7.07. The van der Waals surface area contributed by atoms with Crippen LogP contribution in [-0.4, -0.2) is 17.6 Å². The third-order valence-electron chi connectivity index (χ3n) is 6.45. The first-order valence-corrected chi connectivity index (χ1v) is 13.2. The molecule has 4 aromatic rings. The van der Waals surface area contributed by atoms with E-state index in [1.807, 2.05) is 73.7 Å². The zero-order valence-electron chi connectivity index (χ0n) is 21.5. The fourth-order valence-electron chi connectivity index (χ4n) is 4.52. The number of nitrogens with zero attached hydrogens (tertiary/aromatic N) is 3. The van der Waals surface area contributed by atoms with Crippen LogP contribution < -0.4 is 19.6 Å². The number of fused-ring (bicyclic) bond motifs is 1. The molecule has 0 unspecified atom stereocenters. The minimum absolute atomic E-state index is 0.244. The van der Waals surface area contributed by atoms with Crippen molar-refractivity contribution >= 4 is 23.4 Å². The molecule has 0 spiro atoms. The summed E-state index contributed by atoms with van der Waals surface area (Å²) in [6, 6.07) is 25.6. The number of carbonyl (C=O) groups excluding carboxylic acids is 1. The van der Waals surface area contributed by atoms with E-state index in [1.165, 1.54) is 18.4 Å². The smallest absolute Gasteiger partial charge is 0.338 e. The van der Waals surface area contributed by atoms with Crippen molar-refractivity contribution in [2.45, 2.75) is 26.0 Å². The van der Waals surface area contributed by atoms with Gasteiger partial charge in [-0.2, -0.15) is 5.26 Å². The lowest BCUT2D eigenvalue weighted by Crippen LogP contribution is -2.40. The number of rotatable bonds is 7. The molecule has 0 saturated heterocycles. The summed E-state index contributed by atoms with van der Waals surface area (Å²) in [6.45, 7) is 2.24. The molecular weight excluding hydrogens is 510 g/mol. The highest BCUT2D eigenvalue weighted by Crippen LogP contribution is 2.31. The average molecular weight is 536 g/mol. The summed E-state index contributed by atoms with van der Waals surface area (Å²) in [6.07, 6.45) is 2.32. The molecule has 2 heterocycles. The van der Waals surface area contributed by atoms with E-state index in [-0.39, 0.29) is 5.56 Å². The van der Waals surface area contributed by atoms with E-state index in [0.717, 1.165) is 16.7 Å². The van der Waals surface area contributed by atoms with E-state index in [9.17, 15) is 9.59 Å². The standard InChI is InChI=1S/C31H25N3O4S/c1-3-24-27(30(36)37-2)28(22-9-5-4-6-10-22)34-29(35)26(39-31(34)33-24)17-23-11-7-8-12-25(23)38-19-21-15-13-20(18-32)14-16-21/h4-17,28H,3,19H2,1-2H3/b26-17+/t28-/m0/s1. The molecule has 1 aromatic heterocycles. The van der Waals surface area contributed by atoms with Crippen molar-refractivity contribution in [2.24, 2.45) is 4.99 Å². The molecule has 194 valence electrons. The maximum atomic E-state index is 13.8. The maximum absolute atomic E-state index is 13.8. The van der Waals surface area contributed by atoms with Crippen molar-refractivity contribution in [2.75, 3.05) is 7.11 Å². The lowest BCUT2D eigenvalue weighted by Gasteiger charge is -2.25. The van der Waals surface area contributed by atoms with E-state index >= 15 is 0 Å². The first-order valence-electron chi connectivity index (χ1n) is 12.4. The number of methoxy groups -OCH3 is 1. The van der Waals surface area contributed by atoms with Crippen molar-refractivity contribution in [3.05, 3.63) is 132 Å². The highest BCUT2D eigenvalue weighted by Gasteiger charge is 2.33. The van der Waals surface area contributed by atoms with Gasteiger partial charge in [0, 0.05) is 5.56 Å². The largest absolute Gasteiger partial charge is 0.488 e. The Morgan fingerprint density at radius 3 is 2.49 bits per heavy atom. The Hall–Kier alpha value is -4.74. The Morgan fingerprint density at radius 2 is 1.79 bits per heavy atom. The number of thiazole rings is 1. The molecule has 0 bridgehead atoms. The summed E-state index contributed by atoms with van der Waals surface area (Å²) in [5, 5.41) is 9.02. The van der Waals surface area contributed by atoms with E-state index in [0.29, 0.717) is 44.9 Å². The Labute approximate surface area is 229 Å².